The number of nitrogens with one attached hydrogen (secondary N) is 2. The van der Waals surface area contributed by atoms with Crippen molar-refractivity contribution in [2.45, 2.75) is 52.5 Å². The number of benzene rings is 2. The SMILES string of the molecule is Cc1cc(NC(=S)N[C@H](C)c2ccc(N3CCC[C@H](C)C3)cc2)ccc1N1CCCC1=O. The molecule has 0 unspecified atom stereocenters. The van der Waals surface area contributed by atoms with Crippen molar-refractivity contribution in [2.75, 3.05) is 34.8 Å². The summed E-state index contributed by atoms with van der Waals surface area (Å²) in [6.07, 6.45) is 4.18. The molecule has 2 N–H and O–H groups in total. The maximum absolute atomic E-state index is 12.0. The molecular weight excluding hydrogens is 416 g/mol. The highest BCUT2D eigenvalue weighted by molar-refractivity contribution is 7.80. The molecule has 2 atom stereocenters. The highest BCUT2D eigenvalue weighted by Gasteiger charge is 2.23. The van der Waals surface area contributed by atoms with Crippen molar-refractivity contribution in [1.29, 1.82) is 0 Å². The molecule has 1 amide bonds. The fraction of sp³-hybridized carbons (Fsp3) is 0.462. The summed E-state index contributed by atoms with van der Waals surface area (Å²) < 4.78 is 0. The molecule has 2 heterocycles. The predicted octanol–water partition coefficient (Wildman–Crippen LogP) is 5.41. The highest BCUT2D eigenvalue weighted by atomic mass is 32.1. The van der Waals surface area contributed by atoms with Crippen molar-refractivity contribution >= 4 is 40.3 Å². The Kier molecular flexibility index (Phi) is 6.99. The second-order valence-corrected chi connectivity index (χ2v) is 9.66. The molecular formula is C26H34N4OS. The van der Waals surface area contributed by atoms with E-state index in [-0.39, 0.29) is 11.9 Å². The minimum atomic E-state index is 0.104. The Morgan fingerprint density at radius 2 is 1.91 bits per heavy atom. The van der Waals surface area contributed by atoms with Crippen LogP contribution in [0.1, 0.15) is 56.7 Å². The van der Waals surface area contributed by atoms with Gasteiger partial charge in [0.05, 0.1) is 6.04 Å². The van der Waals surface area contributed by atoms with Gasteiger partial charge in [0.25, 0.3) is 0 Å². The van der Waals surface area contributed by atoms with Crippen molar-refractivity contribution in [3.05, 3.63) is 53.6 Å². The molecule has 0 aliphatic carbocycles. The minimum absolute atomic E-state index is 0.104. The summed E-state index contributed by atoms with van der Waals surface area (Å²) in [5, 5.41) is 7.27. The lowest BCUT2D eigenvalue weighted by Gasteiger charge is -2.33. The maximum Gasteiger partial charge on any atom is 0.227 e. The molecule has 0 bridgehead atoms. The number of hydrogen-bond acceptors (Lipinski definition) is 3. The molecule has 5 nitrogen and oxygen atoms in total. The largest absolute Gasteiger partial charge is 0.371 e. The molecule has 2 saturated heterocycles. The van der Waals surface area contributed by atoms with Gasteiger partial charge in [-0.1, -0.05) is 19.1 Å². The third-order valence-electron chi connectivity index (χ3n) is 6.58. The number of thiocarbonyl (C=S) groups is 1. The molecule has 0 saturated carbocycles. The third kappa shape index (κ3) is 5.23. The van der Waals surface area contributed by atoms with Gasteiger partial charge in [-0.25, -0.2) is 0 Å². The van der Waals surface area contributed by atoms with E-state index < -0.39 is 0 Å². The van der Waals surface area contributed by atoms with Crippen LogP contribution in [-0.4, -0.2) is 30.7 Å². The summed E-state index contributed by atoms with van der Waals surface area (Å²) in [6, 6.07) is 15.0. The number of aryl methyl sites for hydroxylation is 1. The van der Waals surface area contributed by atoms with Gasteiger partial charge in [-0.2, -0.15) is 0 Å². The fourth-order valence-corrected chi connectivity index (χ4v) is 5.08. The molecule has 6 heteroatoms. The number of rotatable bonds is 5. The highest BCUT2D eigenvalue weighted by Crippen LogP contribution is 2.28. The van der Waals surface area contributed by atoms with Crippen LogP contribution in [0.3, 0.4) is 0 Å². The first-order chi connectivity index (χ1) is 15.4. The summed E-state index contributed by atoms with van der Waals surface area (Å²) in [5.74, 6) is 0.974. The van der Waals surface area contributed by atoms with Gasteiger partial charge in [0.15, 0.2) is 5.11 Å². The van der Waals surface area contributed by atoms with Crippen molar-refractivity contribution in [2.24, 2.45) is 5.92 Å². The van der Waals surface area contributed by atoms with Gasteiger partial charge < -0.3 is 20.4 Å². The van der Waals surface area contributed by atoms with Gasteiger partial charge in [-0.05, 0) is 92.7 Å². The van der Waals surface area contributed by atoms with Crippen LogP contribution in [-0.2, 0) is 4.79 Å². The van der Waals surface area contributed by atoms with Gasteiger partial charge in [-0.15, -0.1) is 0 Å². The summed E-state index contributed by atoms with van der Waals surface area (Å²) in [5.41, 5.74) is 5.51. The van der Waals surface area contributed by atoms with Crippen LogP contribution in [0.2, 0.25) is 0 Å². The van der Waals surface area contributed by atoms with Crippen LogP contribution in [0.25, 0.3) is 0 Å². The quantitative estimate of drug-likeness (QED) is 0.597. The second-order valence-electron chi connectivity index (χ2n) is 9.26. The average molecular weight is 451 g/mol. The number of piperidine rings is 1. The topological polar surface area (TPSA) is 47.6 Å². The zero-order valence-corrected chi connectivity index (χ0v) is 20.2. The van der Waals surface area contributed by atoms with E-state index in [4.69, 9.17) is 12.2 Å². The van der Waals surface area contributed by atoms with E-state index in [1.807, 2.05) is 30.0 Å². The minimum Gasteiger partial charge on any atom is -0.371 e. The lowest BCUT2D eigenvalue weighted by atomic mass is 9.99. The number of carbonyl (C=O) groups excluding carboxylic acids is 1. The van der Waals surface area contributed by atoms with E-state index >= 15 is 0 Å². The van der Waals surface area contributed by atoms with Crippen molar-refractivity contribution in [1.82, 2.24) is 5.32 Å². The van der Waals surface area contributed by atoms with Gasteiger partial charge in [-0.3, -0.25) is 4.79 Å². The van der Waals surface area contributed by atoms with Crippen LogP contribution in [0.15, 0.2) is 42.5 Å². The van der Waals surface area contributed by atoms with E-state index in [2.05, 4.69) is 53.6 Å². The first-order valence-corrected chi connectivity index (χ1v) is 12.1. The van der Waals surface area contributed by atoms with Gasteiger partial charge in [0.1, 0.15) is 0 Å². The van der Waals surface area contributed by atoms with Crippen molar-refractivity contribution in [3.63, 3.8) is 0 Å². The Bertz CT molecular complexity index is 974. The van der Waals surface area contributed by atoms with Crippen LogP contribution in [0.5, 0.6) is 0 Å². The number of anilines is 3. The summed E-state index contributed by atoms with van der Waals surface area (Å²) >= 11 is 5.56. The zero-order valence-electron chi connectivity index (χ0n) is 19.4. The van der Waals surface area contributed by atoms with Gasteiger partial charge in [0.2, 0.25) is 5.91 Å². The summed E-state index contributed by atoms with van der Waals surface area (Å²) in [6.45, 7) is 9.59. The van der Waals surface area contributed by atoms with Crippen LogP contribution in [0.4, 0.5) is 17.1 Å². The number of hydrogen-bond donors (Lipinski definition) is 2. The third-order valence-corrected chi connectivity index (χ3v) is 6.80. The standard InChI is InChI=1S/C26H34N4OS/c1-18-6-4-14-29(17-18)23-11-8-21(9-12-23)20(3)27-26(32)28-22-10-13-24(19(2)16-22)30-15-5-7-25(30)31/h8-13,16,18,20H,4-7,14-15,17H2,1-3H3,(H2,27,28,32)/t18-,20+/m0/s1. The molecule has 32 heavy (non-hydrogen) atoms. The Balaban J connectivity index is 1.33. The maximum atomic E-state index is 12.0. The molecule has 0 aromatic heterocycles. The number of nitrogens with zero attached hydrogens (tertiary/aromatic N) is 2. The van der Waals surface area contributed by atoms with E-state index in [0.717, 1.165) is 48.9 Å². The fourth-order valence-electron chi connectivity index (χ4n) is 4.78. The van der Waals surface area contributed by atoms with Crippen LogP contribution in [0, 0.1) is 12.8 Å². The lowest BCUT2D eigenvalue weighted by Crippen LogP contribution is -2.34. The Hall–Kier alpha value is -2.60. The van der Waals surface area contributed by atoms with Gasteiger partial charge in [0, 0.05) is 43.1 Å². The first-order valence-electron chi connectivity index (χ1n) is 11.7. The lowest BCUT2D eigenvalue weighted by molar-refractivity contribution is -0.117. The monoisotopic (exact) mass is 450 g/mol. The smallest absolute Gasteiger partial charge is 0.227 e. The van der Waals surface area contributed by atoms with E-state index in [0.29, 0.717) is 11.5 Å². The molecule has 4 rings (SSSR count). The Morgan fingerprint density at radius 1 is 1.12 bits per heavy atom. The van der Waals surface area contributed by atoms with E-state index in [1.165, 1.54) is 24.1 Å². The average Bonchev–Trinajstić information content (AvgIpc) is 3.19. The van der Waals surface area contributed by atoms with Gasteiger partial charge >= 0.3 is 0 Å². The summed E-state index contributed by atoms with van der Waals surface area (Å²) in [4.78, 5) is 16.4. The Morgan fingerprint density at radius 3 is 2.56 bits per heavy atom. The predicted molar refractivity (Wildman–Crippen MR) is 138 cm³/mol. The van der Waals surface area contributed by atoms with Crippen molar-refractivity contribution < 1.29 is 4.79 Å². The number of amides is 1. The molecule has 170 valence electrons. The zero-order chi connectivity index (χ0) is 22.7. The second kappa shape index (κ2) is 9.90. The van der Waals surface area contributed by atoms with E-state index in [1.54, 1.807) is 0 Å². The molecule has 2 aliphatic rings. The Labute approximate surface area is 197 Å². The molecule has 2 aromatic carbocycles. The molecule has 2 aromatic rings. The summed E-state index contributed by atoms with van der Waals surface area (Å²) in [7, 11) is 0. The van der Waals surface area contributed by atoms with Crippen LogP contribution < -0.4 is 20.4 Å². The molecule has 0 radical (unpaired) electrons. The number of carbonyl (C=O) groups is 1. The van der Waals surface area contributed by atoms with Crippen LogP contribution >= 0.6 is 12.2 Å². The first kappa shape index (κ1) is 22.6. The molecule has 2 aliphatic heterocycles. The van der Waals surface area contributed by atoms with Crippen molar-refractivity contribution in [3.8, 4) is 0 Å². The normalized spacial score (nSPS) is 19.7. The van der Waals surface area contributed by atoms with E-state index in [9.17, 15) is 4.79 Å². The molecule has 0 spiro atoms. The molecule has 2 fully saturated rings.